The zero-order valence-electron chi connectivity index (χ0n) is 8.03. The lowest BCUT2D eigenvalue weighted by molar-refractivity contribution is 0.0409. The first-order valence-electron chi connectivity index (χ1n) is 4.49. The van der Waals surface area contributed by atoms with Crippen molar-refractivity contribution in [3.05, 3.63) is 11.3 Å². The van der Waals surface area contributed by atoms with E-state index in [1.165, 1.54) is 5.57 Å². The second-order valence-electron chi connectivity index (χ2n) is 3.60. The molecule has 1 atom stereocenters. The Kier molecular flexibility index (Phi) is 2.26. The second kappa shape index (κ2) is 2.88. The first kappa shape index (κ1) is 8.63. The van der Waals surface area contributed by atoms with Gasteiger partial charge in [0.25, 0.3) is 0 Å². The molecule has 1 nitrogen and oxygen atoms in total. The van der Waals surface area contributed by atoms with Gasteiger partial charge < -0.3 is 4.74 Å². The number of ether oxygens (including phenoxy) is 1. The normalized spacial score (nSPS) is 30.9. The molecule has 1 heteroatoms. The van der Waals surface area contributed by atoms with Gasteiger partial charge in [-0.2, -0.15) is 0 Å². The fourth-order valence-electron chi connectivity index (χ4n) is 1.62. The van der Waals surface area contributed by atoms with Gasteiger partial charge in [0.15, 0.2) is 0 Å². The first-order valence-corrected chi connectivity index (χ1v) is 4.49. The number of hydrogen-bond acceptors (Lipinski definition) is 1. The second-order valence-corrected chi connectivity index (χ2v) is 3.60. The van der Waals surface area contributed by atoms with Gasteiger partial charge in [-0.1, -0.05) is 13.8 Å². The SMILES string of the molecule is CCC1=C(C)OC(C)(CC)C1. The van der Waals surface area contributed by atoms with Crippen LogP contribution in [0.5, 0.6) is 0 Å². The number of hydrogen-bond donors (Lipinski definition) is 0. The lowest BCUT2D eigenvalue weighted by Crippen LogP contribution is -2.22. The van der Waals surface area contributed by atoms with Gasteiger partial charge in [-0.05, 0) is 32.3 Å². The zero-order valence-corrected chi connectivity index (χ0v) is 8.03. The molecule has 0 N–H and O–H groups in total. The summed E-state index contributed by atoms with van der Waals surface area (Å²) < 4.78 is 5.78. The lowest BCUT2D eigenvalue weighted by Gasteiger charge is -2.22. The van der Waals surface area contributed by atoms with Gasteiger partial charge in [-0.3, -0.25) is 0 Å². The van der Waals surface area contributed by atoms with E-state index in [0.717, 1.165) is 25.0 Å². The van der Waals surface area contributed by atoms with Crippen LogP contribution >= 0.6 is 0 Å². The quantitative estimate of drug-likeness (QED) is 0.593. The summed E-state index contributed by atoms with van der Waals surface area (Å²) in [5.41, 5.74) is 1.60. The Labute approximate surface area is 69.4 Å². The van der Waals surface area contributed by atoms with E-state index >= 15 is 0 Å². The van der Waals surface area contributed by atoms with Gasteiger partial charge in [-0.25, -0.2) is 0 Å². The summed E-state index contributed by atoms with van der Waals surface area (Å²) in [5.74, 6) is 1.16. The van der Waals surface area contributed by atoms with E-state index in [1.807, 2.05) is 0 Å². The predicted octanol–water partition coefficient (Wildman–Crippen LogP) is 3.26. The molecule has 0 saturated heterocycles. The molecule has 1 heterocycles. The van der Waals surface area contributed by atoms with Gasteiger partial charge in [-0.15, -0.1) is 0 Å². The maximum absolute atomic E-state index is 5.78. The Morgan fingerprint density at radius 2 is 2.09 bits per heavy atom. The van der Waals surface area contributed by atoms with Crippen LogP contribution in [0, 0.1) is 0 Å². The molecule has 0 radical (unpaired) electrons. The van der Waals surface area contributed by atoms with Gasteiger partial charge in [0.1, 0.15) is 5.60 Å². The van der Waals surface area contributed by atoms with Crippen LogP contribution in [0.15, 0.2) is 11.3 Å². The minimum atomic E-state index is 0.107. The maximum atomic E-state index is 5.78. The number of allylic oxidation sites excluding steroid dienone is 1. The van der Waals surface area contributed by atoms with Gasteiger partial charge in [0.2, 0.25) is 0 Å². The minimum Gasteiger partial charge on any atom is -0.492 e. The van der Waals surface area contributed by atoms with E-state index in [1.54, 1.807) is 0 Å². The molecule has 0 saturated carbocycles. The summed E-state index contributed by atoms with van der Waals surface area (Å²) in [6.45, 7) is 8.66. The van der Waals surface area contributed by atoms with Gasteiger partial charge in [0.05, 0.1) is 5.76 Å². The van der Waals surface area contributed by atoms with Crippen molar-refractivity contribution in [2.24, 2.45) is 0 Å². The Bertz CT molecular complexity index is 181. The summed E-state index contributed by atoms with van der Waals surface area (Å²) in [5, 5.41) is 0. The summed E-state index contributed by atoms with van der Waals surface area (Å²) >= 11 is 0. The van der Waals surface area contributed by atoms with Crippen molar-refractivity contribution in [2.45, 2.75) is 52.6 Å². The zero-order chi connectivity index (χ0) is 8.48. The van der Waals surface area contributed by atoms with Crippen molar-refractivity contribution in [1.29, 1.82) is 0 Å². The molecule has 1 rings (SSSR count). The van der Waals surface area contributed by atoms with Gasteiger partial charge in [0, 0.05) is 6.42 Å². The molecule has 0 aromatic carbocycles. The molecule has 1 aliphatic rings. The molecule has 0 aromatic heterocycles. The third kappa shape index (κ3) is 1.58. The third-order valence-corrected chi connectivity index (χ3v) is 2.66. The van der Waals surface area contributed by atoms with Crippen molar-refractivity contribution in [1.82, 2.24) is 0 Å². The monoisotopic (exact) mass is 154 g/mol. The highest BCUT2D eigenvalue weighted by Gasteiger charge is 2.31. The van der Waals surface area contributed by atoms with Crippen LogP contribution in [0.2, 0.25) is 0 Å². The maximum Gasteiger partial charge on any atom is 0.109 e. The van der Waals surface area contributed by atoms with E-state index in [9.17, 15) is 0 Å². The van der Waals surface area contributed by atoms with Crippen molar-refractivity contribution < 1.29 is 4.74 Å². The molecule has 1 unspecified atom stereocenters. The Morgan fingerprint density at radius 1 is 1.45 bits per heavy atom. The fourth-order valence-corrected chi connectivity index (χ4v) is 1.62. The van der Waals surface area contributed by atoms with E-state index in [4.69, 9.17) is 4.74 Å². The van der Waals surface area contributed by atoms with E-state index in [2.05, 4.69) is 27.7 Å². The third-order valence-electron chi connectivity index (χ3n) is 2.66. The van der Waals surface area contributed by atoms with Crippen molar-refractivity contribution in [3.8, 4) is 0 Å². The van der Waals surface area contributed by atoms with Crippen molar-refractivity contribution >= 4 is 0 Å². The van der Waals surface area contributed by atoms with E-state index in [-0.39, 0.29) is 5.60 Å². The van der Waals surface area contributed by atoms with E-state index in [0.29, 0.717) is 0 Å². The average Bonchev–Trinajstić information content (AvgIpc) is 2.27. The highest BCUT2D eigenvalue weighted by Crippen LogP contribution is 2.36. The van der Waals surface area contributed by atoms with Crippen LogP contribution in [0.3, 0.4) is 0 Å². The van der Waals surface area contributed by atoms with Crippen LogP contribution in [0.25, 0.3) is 0 Å². The van der Waals surface area contributed by atoms with Crippen LogP contribution in [0.4, 0.5) is 0 Å². The Hall–Kier alpha value is -0.460. The summed E-state index contributed by atoms with van der Waals surface area (Å²) in [4.78, 5) is 0. The summed E-state index contributed by atoms with van der Waals surface area (Å²) in [7, 11) is 0. The van der Waals surface area contributed by atoms with Crippen LogP contribution in [0.1, 0.15) is 47.0 Å². The molecule has 0 fully saturated rings. The van der Waals surface area contributed by atoms with Gasteiger partial charge >= 0.3 is 0 Å². The molecule has 1 aliphatic heterocycles. The lowest BCUT2D eigenvalue weighted by atomic mass is 9.95. The summed E-state index contributed by atoms with van der Waals surface area (Å²) in [6, 6.07) is 0. The molecule has 0 aliphatic carbocycles. The first-order chi connectivity index (χ1) is 5.11. The summed E-state index contributed by atoms with van der Waals surface area (Å²) in [6.07, 6.45) is 3.38. The molecular weight excluding hydrogens is 136 g/mol. The molecule has 0 bridgehead atoms. The number of rotatable bonds is 2. The molecule has 0 spiro atoms. The fraction of sp³-hybridized carbons (Fsp3) is 0.800. The Balaban J connectivity index is 2.67. The smallest absolute Gasteiger partial charge is 0.109 e. The molecule has 11 heavy (non-hydrogen) atoms. The molecule has 0 aromatic rings. The van der Waals surface area contributed by atoms with Crippen molar-refractivity contribution in [2.75, 3.05) is 0 Å². The predicted molar refractivity (Wildman–Crippen MR) is 47.4 cm³/mol. The molecule has 64 valence electrons. The van der Waals surface area contributed by atoms with Crippen LogP contribution in [-0.4, -0.2) is 5.60 Å². The van der Waals surface area contributed by atoms with E-state index < -0.39 is 0 Å². The van der Waals surface area contributed by atoms with Crippen molar-refractivity contribution in [3.63, 3.8) is 0 Å². The van der Waals surface area contributed by atoms with Crippen LogP contribution in [-0.2, 0) is 4.74 Å². The topological polar surface area (TPSA) is 9.23 Å². The average molecular weight is 154 g/mol. The van der Waals surface area contributed by atoms with Crippen LogP contribution < -0.4 is 0 Å². The minimum absolute atomic E-state index is 0.107. The molecule has 0 amide bonds. The Morgan fingerprint density at radius 3 is 2.36 bits per heavy atom. The highest BCUT2D eigenvalue weighted by molar-refractivity contribution is 5.16. The highest BCUT2D eigenvalue weighted by atomic mass is 16.5. The standard InChI is InChI=1S/C10H18O/c1-5-9-7-10(4,6-2)11-8(9)3/h5-7H2,1-4H3. The molecular formula is C10H18O. The largest absolute Gasteiger partial charge is 0.492 e.